The van der Waals surface area contributed by atoms with Crippen LogP contribution in [0.3, 0.4) is 0 Å². The lowest BCUT2D eigenvalue weighted by Crippen LogP contribution is -2.42. The molecule has 3 aliphatic carbocycles. The maximum Gasteiger partial charge on any atom is 0.0175 e. The highest BCUT2D eigenvalue weighted by atomic mass is 79.9. The minimum absolute atomic E-state index is 0.790. The topological polar surface area (TPSA) is 12.0 Å². The second-order valence-electron chi connectivity index (χ2n) is 5.97. The predicted octanol–water partition coefficient (Wildman–Crippen LogP) is 4.19. The summed E-state index contributed by atoms with van der Waals surface area (Å²) in [7, 11) is 2.10. The highest BCUT2D eigenvalue weighted by Gasteiger charge is 2.43. The molecule has 2 atom stereocenters. The van der Waals surface area contributed by atoms with Crippen molar-refractivity contribution in [2.75, 3.05) is 13.6 Å². The summed E-state index contributed by atoms with van der Waals surface area (Å²) in [6.07, 6.45) is 5.82. The van der Waals surface area contributed by atoms with Crippen molar-refractivity contribution in [2.24, 2.45) is 17.8 Å². The SMILES string of the molecule is CNC[C@@H]1C2CCC(CC2)[C@@H]1c1ccc(Br)cc1. The third kappa shape index (κ3) is 2.25. The standard InChI is InChI=1S/C16H22BrN/c1-18-10-15-11-2-4-12(5-3-11)16(15)13-6-8-14(17)9-7-13/h6-9,11-12,15-16,18H,2-5,10H2,1H3/t11?,12?,15-,16-/m1/s1. The van der Waals surface area contributed by atoms with Crippen LogP contribution in [0.1, 0.15) is 37.2 Å². The Morgan fingerprint density at radius 3 is 2.28 bits per heavy atom. The summed E-state index contributed by atoms with van der Waals surface area (Å²) in [6, 6.07) is 9.07. The second kappa shape index (κ2) is 5.34. The monoisotopic (exact) mass is 307 g/mol. The minimum Gasteiger partial charge on any atom is -0.319 e. The number of hydrogen-bond acceptors (Lipinski definition) is 1. The van der Waals surface area contributed by atoms with Gasteiger partial charge in [0.1, 0.15) is 0 Å². The van der Waals surface area contributed by atoms with Gasteiger partial charge in [0, 0.05) is 4.47 Å². The first kappa shape index (κ1) is 12.7. The fraction of sp³-hybridized carbons (Fsp3) is 0.625. The molecule has 2 bridgehead atoms. The van der Waals surface area contributed by atoms with Crippen LogP contribution < -0.4 is 5.32 Å². The van der Waals surface area contributed by atoms with Crippen molar-refractivity contribution >= 4 is 15.9 Å². The predicted molar refractivity (Wildman–Crippen MR) is 79.7 cm³/mol. The third-order valence-corrected chi connectivity index (χ3v) is 5.61. The maximum absolute atomic E-state index is 3.54. The Balaban J connectivity index is 1.89. The van der Waals surface area contributed by atoms with Crippen molar-refractivity contribution in [2.45, 2.75) is 31.6 Å². The van der Waals surface area contributed by atoms with Crippen LogP contribution in [0.5, 0.6) is 0 Å². The molecule has 0 amide bonds. The average molecular weight is 308 g/mol. The van der Waals surface area contributed by atoms with Gasteiger partial charge >= 0.3 is 0 Å². The van der Waals surface area contributed by atoms with E-state index in [4.69, 9.17) is 0 Å². The van der Waals surface area contributed by atoms with Crippen LogP contribution in [-0.4, -0.2) is 13.6 Å². The van der Waals surface area contributed by atoms with Crippen molar-refractivity contribution in [3.63, 3.8) is 0 Å². The Kier molecular flexibility index (Phi) is 3.76. The van der Waals surface area contributed by atoms with E-state index in [1.165, 1.54) is 36.7 Å². The number of rotatable bonds is 3. The summed E-state index contributed by atoms with van der Waals surface area (Å²) in [5, 5.41) is 3.42. The molecule has 0 radical (unpaired) electrons. The average Bonchev–Trinajstić information content (AvgIpc) is 2.42. The van der Waals surface area contributed by atoms with Crippen LogP contribution in [0.2, 0.25) is 0 Å². The van der Waals surface area contributed by atoms with E-state index in [-0.39, 0.29) is 0 Å². The molecular weight excluding hydrogens is 286 g/mol. The van der Waals surface area contributed by atoms with Crippen LogP contribution >= 0.6 is 15.9 Å². The van der Waals surface area contributed by atoms with Gasteiger partial charge in [-0.15, -0.1) is 0 Å². The van der Waals surface area contributed by atoms with E-state index in [9.17, 15) is 0 Å². The first-order valence-corrected chi connectivity index (χ1v) is 7.99. The van der Waals surface area contributed by atoms with Gasteiger partial charge in [0.05, 0.1) is 0 Å². The molecule has 1 aromatic carbocycles. The van der Waals surface area contributed by atoms with E-state index in [0.717, 1.165) is 23.7 Å². The lowest BCUT2D eigenvalue weighted by Gasteiger charge is -2.49. The number of halogens is 1. The van der Waals surface area contributed by atoms with Crippen LogP contribution in [-0.2, 0) is 0 Å². The quantitative estimate of drug-likeness (QED) is 0.883. The lowest BCUT2D eigenvalue weighted by molar-refractivity contribution is 0.0687. The van der Waals surface area contributed by atoms with Gasteiger partial charge in [0.15, 0.2) is 0 Å². The lowest BCUT2D eigenvalue weighted by atomic mass is 9.57. The maximum atomic E-state index is 3.54. The van der Waals surface area contributed by atoms with E-state index < -0.39 is 0 Å². The molecule has 4 rings (SSSR count). The van der Waals surface area contributed by atoms with Crippen molar-refractivity contribution in [3.05, 3.63) is 34.3 Å². The molecule has 1 aromatic rings. The van der Waals surface area contributed by atoms with Gasteiger partial charge in [0.25, 0.3) is 0 Å². The van der Waals surface area contributed by atoms with Crippen molar-refractivity contribution in [1.82, 2.24) is 5.32 Å². The number of benzene rings is 1. The Labute approximate surface area is 118 Å². The molecule has 0 unspecified atom stereocenters. The molecule has 3 saturated carbocycles. The molecular formula is C16H22BrN. The van der Waals surface area contributed by atoms with Crippen molar-refractivity contribution in [3.8, 4) is 0 Å². The van der Waals surface area contributed by atoms with Crippen molar-refractivity contribution < 1.29 is 0 Å². The summed E-state index contributed by atoms with van der Waals surface area (Å²) in [5.74, 6) is 3.52. The van der Waals surface area contributed by atoms with E-state index in [0.29, 0.717) is 0 Å². The van der Waals surface area contributed by atoms with Crippen LogP contribution in [0.4, 0.5) is 0 Å². The normalized spacial score (nSPS) is 34.8. The van der Waals surface area contributed by atoms with Gasteiger partial charge in [-0.1, -0.05) is 28.1 Å². The second-order valence-corrected chi connectivity index (χ2v) is 6.89. The van der Waals surface area contributed by atoms with Gasteiger partial charge in [-0.2, -0.15) is 0 Å². The Morgan fingerprint density at radius 2 is 1.67 bits per heavy atom. The zero-order chi connectivity index (χ0) is 12.5. The Morgan fingerprint density at radius 1 is 1.06 bits per heavy atom. The number of fused-ring (bicyclic) bond motifs is 3. The summed E-state index contributed by atoms with van der Waals surface area (Å²) < 4.78 is 1.19. The fourth-order valence-electron chi connectivity index (χ4n) is 4.31. The molecule has 1 N–H and O–H groups in total. The Bertz CT molecular complexity index is 392. The van der Waals surface area contributed by atoms with E-state index >= 15 is 0 Å². The van der Waals surface area contributed by atoms with E-state index in [1.807, 2.05) is 0 Å². The highest BCUT2D eigenvalue weighted by molar-refractivity contribution is 9.10. The summed E-state index contributed by atoms with van der Waals surface area (Å²) in [4.78, 5) is 0. The van der Waals surface area contributed by atoms with Crippen molar-refractivity contribution in [1.29, 1.82) is 0 Å². The highest BCUT2D eigenvalue weighted by Crippen LogP contribution is 2.53. The molecule has 0 spiro atoms. The molecule has 98 valence electrons. The zero-order valence-corrected chi connectivity index (χ0v) is 12.6. The molecule has 0 saturated heterocycles. The molecule has 2 heteroatoms. The van der Waals surface area contributed by atoms with Gasteiger partial charge in [0.2, 0.25) is 0 Å². The van der Waals surface area contributed by atoms with Gasteiger partial charge < -0.3 is 5.32 Å². The number of nitrogens with one attached hydrogen (secondary N) is 1. The van der Waals surface area contributed by atoms with E-state index in [1.54, 1.807) is 5.56 Å². The van der Waals surface area contributed by atoms with Crippen LogP contribution in [0.15, 0.2) is 28.7 Å². The molecule has 3 fully saturated rings. The number of hydrogen-bond donors (Lipinski definition) is 1. The smallest absolute Gasteiger partial charge is 0.0175 e. The molecule has 0 aliphatic heterocycles. The zero-order valence-electron chi connectivity index (χ0n) is 11.0. The Hall–Kier alpha value is -0.340. The third-order valence-electron chi connectivity index (χ3n) is 5.09. The summed E-state index contributed by atoms with van der Waals surface area (Å²) >= 11 is 3.54. The van der Waals surface area contributed by atoms with Gasteiger partial charge in [-0.3, -0.25) is 0 Å². The van der Waals surface area contributed by atoms with Crippen LogP contribution in [0.25, 0.3) is 0 Å². The van der Waals surface area contributed by atoms with E-state index in [2.05, 4.69) is 52.6 Å². The first-order chi connectivity index (χ1) is 8.79. The fourth-order valence-corrected chi connectivity index (χ4v) is 4.57. The summed E-state index contributed by atoms with van der Waals surface area (Å²) in [6.45, 7) is 1.18. The van der Waals surface area contributed by atoms with Gasteiger partial charge in [-0.25, -0.2) is 0 Å². The molecule has 1 nitrogen and oxygen atoms in total. The van der Waals surface area contributed by atoms with Crippen LogP contribution in [0, 0.1) is 17.8 Å². The molecule has 0 heterocycles. The molecule has 0 aromatic heterocycles. The van der Waals surface area contributed by atoms with Gasteiger partial charge in [-0.05, 0) is 80.6 Å². The minimum atomic E-state index is 0.790. The summed E-state index contributed by atoms with van der Waals surface area (Å²) in [5.41, 5.74) is 1.56. The first-order valence-electron chi connectivity index (χ1n) is 7.19. The molecule has 3 aliphatic rings. The molecule has 18 heavy (non-hydrogen) atoms. The largest absolute Gasteiger partial charge is 0.319 e.